The number of nitrogens with one attached hydrogen (secondary N) is 1. The molecule has 2 aromatic rings. The summed E-state index contributed by atoms with van der Waals surface area (Å²) in [7, 11) is 1.29. The van der Waals surface area contributed by atoms with Crippen LogP contribution in [0.15, 0.2) is 24.3 Å². The van der Waals surface area contributed by atoms with E-state index in [1.807, 2.05) is 0 Å². The molecule has 150 valence electrons. The highest BCUT2D eigenvalue weighted by atomic mass is 16.6. The van der Waals surface area contributed by atoms with Crippen LogP contribution < -0.4 is 11.1 Å². The third-order valence-electron chi connectivity index (χ3n) is 4.91. The lowest BCUT2D eigenvalue weighted by Gasteiger charge is -2.30. The van der Waals surface area contributed by atoms with Crippen molar-refractivity contribution in [1.29, 1.82) is 0 Å². The maximum absolute atomic E-state index is 11.7. The van der Waals surface area contributed by atoms with Crippen molar-refractivity contribution in [3.63, 3.8) is 0 Å². The number of rotatable bonds is 7. The van der Waals surface area contributed by atoms with E-state index < -0.39 is 16.9 Å². The number of nitrogens with zero attached hydrogens (tertiary/aromatic N) is 5. The van der Waals surface area contributed by atoms with Gasteiger partial charge in [-0.15, -0.1) is 5.10 Å². The molecule has 1 aromatic heterocycles. The standard InChI is InChI=1S/C17H23N7O4/c1-28-15(25)10-23-17(20-21-22-23)16(19-13-7-5-12(18)6-8-13)11-3-2-4-14(9-11)24(26)27/h2-4,9,12-13,16,19H,5-8,10,18H2,1H3. The molecule has 28 heavy (non-hydrogen) atoms. The van der Waals surface area contributed by atoms with Gasteiger partial charge in [0.15, 0.2) is 5.82 Å². The summed E-state index contributed by atoms with van der Waals surface area (Å²) in [5, 5.41) is 26.3. The van der Waals surface area contributed by atoms with Crippen molar-refractivity contribution in [2.45, 2.75) is 50.4 Å². The van der Waals surface area contributed by atoms with Crippen molar-refractivity contribution < 1.29 is 14.5 Å². The average Bonchev–Trinajstić information content (AvgIpc) is 3.15. The Labute approximate surface area is 161 Å². The van der Waals surface area contributed by atoms with Crippen molar-refractivity contribution in [3.8, 4) is 0 Å². The minimum absolute atomic E-state index is 0.0260. The first-order valence-electron chi connectivity index (χ1n) is 9.06. The van der Waals surface area contributed by atoms with Gasteiger partial charge in [-0.1, -0.05) is 12.1 Å². The van der Waals surface area contributed by atoms with Gasteiger partial charge in [0.05, 0.1) is 18.1 Å². The number of carbonyl (C=O) groups excluding carboxylic acids is 1. The molecule has 0 radical (unpaired) electrons. The summed E-state index contributed by atoms with van der Waals surface area (Å²) >= 11 is 0. The highest BCUT2D eigenvalue weighted by Gasteiger charge is 2.28. The second kappa shape index (κ2) is 8.85. The molecule has 3 N–H and O–H groups in total. The van der Waals surface area contributed by atoms with Gasteiger partial charge < -0.3 is 15.8 Å². The number of aromatic nitrogens is 4. The number of nitrogens with two attached hydrogens (primary N) is 1. The monoisotopic (exact) mass is 389 g/mol. The number of benzene rings is 1. The smallest absolute Gasteiger partial charge is 0.327 e. The third-order valence-corrected chi connectivity index (χ3v) is 4.91. The van der Waals surface area contributed by atoms with Crippen molar-refractivity contribution in [2.75, 3.05) is 7.11 Å². The Morgan fingerprint density at radius 3 is 2.86 bits per heavy atom. The molecule has 1 unspecified atom stereocenters. The molecule has 1 aliphatic rings. The topological polar surface area (TPSA) is 151 Å². The number of tetrazole rings is 1. The molecule has 0 aliphatic heterocycles. The molecule has 0 spiro atoms. The highest BCUT2D eigenvalue weighted by Crippen LogP contribution is 2.27. The lowest BCUT2D eigenvalue weighted by molar-refractivity contribution is -0.384. The molecule has 0 amide bonds. The van der Waals surface area contributed by atoms with Crippen LogP contribution in [-0.4, -0.2) is 50.3 Å². The molecule has 3 rings (SSSR count). The van der Waals surface area contributed by atoms with Crippen LogP contribution >= 0.6 is 0 Å². The van der Waals surface area contributed by atoms with Crippen molar-refractivity contribution in [3.05, 3.63) is 45.8 Å². The zero-order valence-corrected chi connectivity index (χ0v) is 15.5. The van der Waals surface area contributed by atoms with Crippen LogP contribution in [0.25, 0.3) is 0 Å². The van der Waals surface area contributed by atoms with Crippen LogP contribution in [0.1, 0.15) is 43.1 Å². The molecule has 1 saturated carbocycles. The number of carbonyl (C=O) groups is 1. The summed E-state index contributed by atoms with van der Waals surface area (Å²) in [5.74, 6) is -0.101. The largest absolute Gasteiger partial charge is 0.468 e. The van der Waals surface area contributed by atoms with Crippen molar-refractivity contribution >= 4 is 11.7 Å². The minimum Gasteiger partial charge on any atom is -0.468 e. The first-order valence-corrected chi connectivity index (χ1v) is 9.06. The predicted octanol–water partition coefficient (Wildman–Crippen LogP) is 0.703. The second-order valence-corrected chi connectivity index (χ2v) is 6.83. The molecule has 1 aromatic carbocycles. The van der Waals surface area contributed by atoms with E-state index >= 15 is 0 Å². The van der Waals surface area contributed by atoms with Crippen molar-refractivity contribution in [2.24, 2.45) is 5.73 Å². The zero-order chi connectivity index (χ0) is 20.1. The molecule has 1 atom stereocenters. The average molecular weight is 389 g/mol. The van der Waals surface area contributed by atoms with Crippen LogP contribution in [0.3, 0.4) is 0 Å². The fraction of sp³-hybridized carbons (Fsp3) is 0.529. The molecule has 1 fully saturated rings. The molecule has 11 heteroatoms. The molecule has 1 heterocycles. The van der Waals surface area contributed by atoms with Crippen LogP contribution in [0, 0.1) is 10.1 Å². The first kappa shape index (κ1) is 19.8. The van der Waals surface area contributed by atoms with E-state index in [0.29, 0.717) is 11.4 Å². The van der Waals surface area contributed by atoms with E-state index in [-0.39, 0.29) is 24.3 Å². The van der Waals surface area contributed by atoms with Crippen LogP contribution in [0.5, 0.6) is 0 Å². The van der Waals surface area contributed by atoms with E-state index in [1.54, 1.807) is 12.1 Å². The first-order chi connectivity index (χ1) is 13.5. The summed E-state index contributed by atoms with van der Waals surface area (Å²) < 4.78 is 6.04. The third kappa shape index (κ3) is 4.67. The van der Waals surface area contributed by atoms with Crippen LogP contribution in [0.4, 0.5) is 5.69 Å². The van der Waals surface area contributed by atoms with Gasteiger partial charge in [0.2, 0.25) is 0 Å². The lowest BCUT2D eigenvalue weighted by Crippen LogP contribution is -2.40. The quantitative estimate of drug-likeness (QED) is 0.396. The van der Waals surface area contributed by atoms with E-state index in [9.17, 15) is 14.9 Å². The molecule has 11 nitrogen and oxygen atoms in total. The lowest BCUT2D eigenvalue weighted by atomic mass is 9.90. The van der Waals surface area contributed by atoms with Gasteiger partial charge in [0.25, 0.3) is 5.69 Å². The summed E-state index contributed by atoms with van der Waals surface area (Å²) in [6, 6.07) is 6.15. The number of ether oxygens (including phenoxy) is 1. The molecule has 0 saturated heterocycles. The Balaban J connectivity index is 1.93. The molecular weight excluding hydrogens is 366 g/mol. The predicted molar refractivity (Wildman–Crippen MR) is 98.1 cm³/mol. The fourth-order valence-electron chi connectivity index (χ4n) is 3.38. The minimum atomic E-state index is -0.515. The van der Waals surface area contributed by atoms with Crippen LogP contribution in [-0.2, 0) is 16.1 Å². The van der Waals surface area contributed by atoms with E-state index in [2.05, 4.69) is 20.8 Å². The number of non-ortho nitro benzene ring substituents is 1. The van der Waals surface area contributed by atoms with Gasteiger partial charge in [-0.25, -0.2) is 4.68 Å². The molecule has 1 aliphatic carbocycles. The Kier molecular flexibility index (Phi) is 6.26. The Morgan fingerprint density at radius 2 is 2.18 bits per heavy atom. The molecule has 0 bridgehead atoms. The summed E-state index contributed by atoms with van der Waals surface area (Å²) in [4.78, 5) is 22.5. The van der Waals surface area contributed by atoms with Crippen molar-refractivity contribution in [1.82, 2.24) is 25.5 Å². The number of nitro groups is 1. The summed E-state index contributed by atoms with van der Waals surface area (Å²) in [5.41, 5.74) is 6.61. The van der Waals surface area contributed by atoms with Gasteiger partial charge in [0, 0.05) is 24.2 Å². The second-order valence-electron chi connectivity index (χ2n) is 6.83. The Hall–Kier alpha value is -2.92. The normalized spacial score (nSPS) is 20.5. The van der Waals surface area contributed by atoms with Gasteiger partial charge in [-0.3, -0.25) is 14.9 Å². The number of hydrogen-bond acceptors (Lipinski definition) is 9. The van der Waals surface area contributed by atoms with E-state index in [4.69, 9.17) is 10.5 Å². The van der Waals surface area contributed by atoms with Crippen LogP contribution in [0.2, 0.25) is 0 Å². The number of methoxy groups -OCH3 is 1. The SMILES string of the molecule is COC(=O)Cn1nnnc1C(NC1CCC(N)CC1)c1cccc([N+](=O)[O-])c1. The highest BCUT2D eigenvalue weighted by molar-refractivity contribution is 5.68. The number of nitro benzene ring substituents is 1. The van der Waals surface area contributed by atoms with E-state index in [1.165, 1.54) is 23.9 Å². The summed E-state index contributed by atoms with van der Waals surface area (Å²) in [6.45, 7) is -0.151. The summed E-state index contributed by atoms with van der Waals surface area (Å²) in [6.07, 6.45) is 3.55. The number of esters is 1. The molecular formula is C17H23N7O4. The maximum Gasteiger partial charge on any atom is 0.327 e. The van der Waals surface area contributed by atoms with Gasteiger partial charge in [-0.05, 0) is 41.7 Å². The Bertz CT molecular complexity index is 832. The number of hydrogen-bond donors (Lipinski definition) is 2. The zero-order valence-electron chi connectivity index (χ0n) is 15.5. The van der Waals surface area contributed by atoms with E-state index in [0.717, 1.165) is 25.7 Å². The Morgan fingerprint density at radius 1 is 1.43 bits per heavy atom. The van der Waals surface area contributed by atoms with Gasteiger partial charge in [-0.2, -0.15) is 0 Å². The maximum atomic E-state index is 11.7. The van der Waals surface area contributed by atoms with Gasteiger partial charge in [0.1, 0.15) is 6.54 Å². The fourth-order valence-corrected chi connectivity index (χ4v) is 3.38. The van der Waals surface area contributed by atoms with Gasteiger partial charge >= 0.3 is 5.97 Å².